The van der Waals surface area contributed by atoms with E-state index in [9.17, 15) is 4.79 Å². The molecule has 96 valence electrons. The Morgan fingerprint density at radius 3 is 3.00 bits per heavy atom. The average molecular weight is 265 g/mol. The summed E-state index contributed by atoms with van der Waals surface area (Å²) in [6, 6.07) is 1.90. The second kappa shape index (κ2) is 5.79. The molecule has 0 spiro atoms. The monoisotopic (exact) mass is 265 g/mol. The number of nitrogens with one attached hydrogen (secondary N) is 2. The third-order valence-corrected chi connectivity index (χ3v) is 3.21. The summed E-state index contributed by atoms with van der Waals surface area (Å²) in [5.41, 5.74) is 0.864. The molecule has 0 radical (unpaired) electrons. The summed E-state index contributed by atoms with van der Waals surface area (Å²) in [7, 11) is 0. The minimum absolute atomic E-state index is 0.0574. The molecule has 5 nitrogen and oxygen atoms in total. The molecular formula is C12H15N3O2S. The van der Waals surface area contributed by atoms with E-state index in [4.69, 9.17) is 4.42 Å². The number of anilines is 1. The Morgan fingerprint density at radius 1 is 1.50 bits per heavy atom. The molecule has 18 heavy (non-hydrogen) atoms. The SMILES string of the molecule is CC(=O)Nc1ccsc1CNCc1ncc(C)o1. The molecule has 0 aliphatic rings. The zero-order valence-electron chi connectivity index (χ0n) is 10.3. The molecule has 2 aromatic heterocycles. The number of aryl methyl sites for hydroxylation is 1. The molecule has 0 atom stereocenters. The van der Waals surface area contributed by atoms with Gasteiger partial charge in [-0.15, -0.1) is 11.3 Å². The van der Waals surface area contributed by atoms with Crippen LogP contribution in [0.25, 0.3) is 0 Å². The number of carbonyl (C=O) groups is 1. The lowest BCUT2D eigenvalue weighted by atomic mass is 10.3. The molecule has 0 aliphatic carbocycles. The highest BCUT2D eigenvalue weighted by Gasteiger charge is 2.06. The van der Waals surface area contributed by atoms with Gasteiger partial charge >= 0.3 is 0 Å². The van der Waals surface area contributed by atoms with Crippen LogP contribution in [0.1, 0.15) is 23.5 Å². The number of hydrogen-bond donors (Lipinski definition) is 2. The van der Waals surface area contributed by atoms with E-state index in [1.807, 2.05) is 18.4 Å². The number of thiophene rings is 1. The fraction of sp³-hybridized carbons (Fsp3) is 0.333. The number of nitrogens with zero attached hydrogens (tertiary/aromatic N) is 1. The Hall–Kier alpha value is -1.66. The Kier molecular flexibility index (Phi) is 4.11. The van der Waals surface area contributed by atoms with Gasteiger partial charge in [0.15, 0.2) is 0 Å². The number of carbonyl (C=O) groups excluding carboxylic acids is 1. The smallest absolute Gasteiger partial charge is 0.221 e. The highest BCUT2D eigenvalue weighted by Crippen LogP contribution is 2.22. The van der Waals surface area contributed by atoms with Crippen molar-refractivity contribution >= 4 is 22.9 Å². The van der Waals surface area contributed by atoms with Crippen LogP contribution in [-0.4, -0.2) is 10.9 Å². The van der Waals surface area contributed by atoms with E-state index in [2.05, 4.69) is 15.6 Å². The molecule has 0 saturated carbocycles. The van der Waals surface area contributed by atoms with Crippen LogP contribution in [0.3, 0.4) is 0 Å². The lowest BCUT2D eigenvalue weighted by Crippen LogP contribution is -2.14. The van der Waals surface area contributed by atoms with Gasteiger partial charge in [0.1, 0.15) is 5.76 Å². The fourth-order valence-electron chi connectivity index (χ4n) is 1.54. The second-order valence-electron chi connectivity index (χ2n) is 3.91. The Balaban J connectivity index is 1.86. The molecule has 1 amide bonds. The molecule has 0 fully saturated rings. The van der Waals surface area contributed by atoms with Crippen molar-refractivity contribution in [1.82, 2.24) is 10.3 Å². The predicted molar refractivity (Wildman–Crippen MR) is 70.4 cm³/mol. The third kappa shape index (κ3) is 3.41. The van der Waals surface area contributed by atoms with E-state index < -0.39 is 0 Å². The van der Waals surface area contributed by atoms with E-state index in [-0.39, 0.29) is 5.91 Å². The van der Waals surface area contributed by atoms with Gasteiger partial charge in [0.2, 0.25) is 11.8 Å². The van der Waals surface area contributed by atoms with E-state index in [0.717, 1.165) is 16.3 Å². The predicted octanol–water partition coefficient (Wildman–Crippen LogP) is 2.29. The topological polar surface area (TPSA) is 67.2 Å². The van der Waals surface area contributed by atoms with Gasteiger partial charge in [-0.2, -0.15) is 0 Å². The fourth-order valence-corrected chi connectivity index (χ4v) is 2.34. The van der Waals surface area contributed by atoms with E-state index in [1.54, 1.807) is 17.5 Å². The zero-order chi connectivity index (χ0) is 13.0. The first-order valence-electron chi connectivity index (χ1n) is 5.61. The maximum Gasteiger partial charge on any atom is 0.221 e. The van der Waals surface area contributed by atoms with Crippen molar-refractivity contribution in [2.45, 2.75) is 26.9 Å². The Labute approximate surface area is 109 Å². The van der Waals surface area contributed by atoms with Crippen molar-refractivity contribution in [2.75, 3.05) is 5.32 Å². The summed E-state index contributed by atoms with van der Waals surface area (Å²) in [5, 5.41) is 7.99. The van der Waals surface area contributed by atoms with Crippen molar-refractivity contribution in [1.29, 1.82) is 0 Å². The Bertz CT molecular complexity index is 533. The summed E-state index contributed by atoms with van der Waals surface area (Å²) in [6.45, 7) is 4.62. The standard InChI is InChI=1S/C12H15N3O2S/c1-8-5-14-12(17-8)7-13-6-11-10(3-4-18-11)15-9(2)16/h3-5,13H,6-7H2,1-2H3,(H,15,16). The number of hydrogen-bond acceptors (Lipinski definition) is 5. The van der Waals surface area contributed by atoms with Crippen molar-refractivity contribution in [2.24, 2.45) is 0 Å². The van der Waals surface area contributed by atoms with Crippen LogP contribution in [-0.2, 0) is 17.9 Å². The lowest BCUT2D eigenvalue weighted by molar-refractivity contribution is -0.114. The van der Waals surface area contributed by atoms with Crippen molar-refractivity contribution in [3.05, 3.63) is 34.2 Å². The summed E-state index contributed by atoms with van der Waals surface area (Å²) >= 11 is 1.60. The van der Waals surface area contributed by atoms with Gasteiger partial charge in [0.25, 0.3) is 0 Å². The van der Waals surface area contributed by atoms with Gasteiger partial charge in [-0.25, -0.2) is 4.98 Å². The second-order valence-corrected chi connectivity index (χ2v) is 4.91. The molecule has 0 aliphatic heterocycles. The minimum atomic E-state index is -0.0574. The zero-order valence-corrected chi connectivity index (χ0v) is 11.1. The molecule has 2 aromatic rings. The summed E-state index contributed by atoms with van der Waals surface area (Å²) in [5.74, 6) is 1.42. The first kappa shape index (κ1) is 12.8. The van der Waals surface area contributed by atoms with Gasteiger partial charge in [0.05, 0.1) is 18.4 Å². The van der Waals surface area contributed by atoms with Crippen molar-refractivity contribution in [3.63, 3.8) is 0 Å². The maximum absolute atomic E-state index is 11.0. The van der Waals surface area contributed by atoms with E-state index in [1.165, 1.54) is 6.92 Å². The van der Waals surface area contributed by atoms with Crippen LogP contribution in [0.2, 0.25) is 0 Å². The number of aromatic nitrogens is 1. The molecule has 6 heteroatoms. The summed E-state index contributed by atoms with van der Waals surface area (Å²) in [4.78, 5) is 16.2. The summed E-state index contributed by atoms with van der Waals surface area (Å²) in [6.07, 6.45) is 1.70. The van der Waals surface area contributed by atoms with Crippen molar-refractivity contribution in [3.8, 4) is 0 Å². The highest BCUT2D eigenvalue weighted by molar-refractivity contribution is 7.10. The molecule has 0 bridgehead atoms. The molecular weight excluding hydrogens is 250 g/mol. The molecule has 2 rings (SSSR count). The molecule has 2 N–H and O–H groups in total. The van der Waals surface area contributed by atoms with Crippen LogP contribution in [0.4, 0.5) is 5.69 Å². The molecule has 2 heterocycles. The van der Waals surface area contributed by atoms with Gasteiger partial charge < -0.3 is 15.1 Å². The molecule has 0 unspecified atom stereocenters. The van der Waals surface area contributed by atoms with Crippen LogP contribution < -0.4 is 10.6 Å². The van der Waals surface area contributed by atoms with Crippen molar-refractivity contribution < 1.29 is 9.21 Å². The third-order valence-electron chi connectivity index (χ3n) is 2.29. The van der Waals surface area contributed by atoms with E-state index in [0.29, 0.717) is 19.0 Å². The summed E-state index contributed by atoms with van der Waals surface area (Å²) < 4.78 is 5.36. The van der Waals surface area contributed by atoms with Crippen LogP contribution in [0, 0.1) is 6.92 Å². The quantitative estimate of drug-likeness (QED) is 0.870. The Morgan fingerprint density at radius 2 is 2.33 bits per heavy atom. The van der Waals surface area contributed by atoms with Crippen LogP contribution in [0.15, 0.2) is 22.1 Å². The van der Waals surface area contributed by atoms with Crippen LogP contribution >= 0.6 is 11.3 Å². The number of rotatable bonds is 5. The van der Waals surface area contributed by atoms with E-state index >= 15 is 0 Å². The average Bonchev–Trinajstić information content (AvgIpc) is 2.88. The van der Waals surface area contributed by atoms with Gasteiger partial charge in [-0.05, 0) is 18.4 Å². The largest absolute Gasteiger partial charge is 0.445 e. The maximum atomic E-state index is 11.0. The first-order valence-corrected chi connectivity index (χ1v) is 6.49. The van der Waals surface area contributed by atoms with Crippen LogP contribution in [0.5, 0.6) is 0 Å². The van der Waals surface area contributed by atoms with Gasteiger partial charge in [-0.1, -0.05) is 0 Å². The number of oxazole rings is 1. The lowest BCUT2D eigenvalue weighted by Gasteiger charge is -2.04. The molecule has 0 aromatic carbocycles. The van der Waals surface area contributed by atoms with Gasteiger partial charge in [0, 0.05) is 18.3 Å². The minimum Gasteiger partial charge on any atom is -0.445 e. The molecule has 0 saturated heterocycles. The number of amides is 1. The van der Waals surface area contributed by atoms with Gasteiger partial charge in [-0.3, -0.25) is 4.79 Å². The highest BCUT2D eigenvalue weighted by atomic mass is 32.1. The normalized spacial score (nSPS) is 10.6. The first-order chi connectivity index (χ1) is 8.65.